The van der Waals surface area contributed by atoms with Gasteiger partial charge in [0.2, 0.25) is 0 Å². The van der Waals surface area contributed by atoms with Crippen molar-refractivity contribution in [3.8, 4) is 0 Å². The van der Waals surface area contributed by atoms with Crippen molar-refractivity contribution in [2.75, 3.05) is 13.2 Å². The zero-order chi connectivity index (χ0) is 4.24. The van der Waals surface area contributed by atoms with Crippen molar-refractivity contribution >= 4 is 0 Å². The lowest BCUT2D eigenvalue weighted by Gasteiger charge is -2.05. The fraction of sp³-hybridized carbons (Fsp3) is 1.00. The molecule has 1 aliphatic rings. The summed E-state index contributed by atoms with van der Waals surface area (Å²) in [6, 6.07) is 0. The fourth-order valence-electron chi connectivity index (χ4n) is 0.175. The van der Waals surface area contributed by atoms with E-state index in [0.717, 1.165) is 0 Å². The van der Waals surface area contributed by atoms with Crippen LogP contribution in [0.4, 0.5) is 0 Å². The summed E-state index contributed by atoms with van der Waals surface area (Å²) in [5.41, 5.74) is 0. The largest absolute Gasteiger partial charge is 0.201 e. The minimum Gasteiger partial charge on any atom is -0.201 e. The van der Waals surface area contributed by atoms with Gasteiger partial charge < -0.3 is 0 Å². The molecule has 1 aliphatic heterocycles. The summed E-state index contributed by atoms with van der Waals surface area (Å²) in [5, 5.41) is 7.69. The molecule has 0 aliphatic carbocycles. The molecule has 1 rings (SSSR count). The molecule has 0 radical (unpaired) electrons. The van der Waals surface area contributed by atoms with Gasteiger partial charge in [0.25, 0.3) is 0 Å². The van der Waals surface area contributed by atoms with Crippen molar-refractivity contribution in [3.63, 3.8) is 0 Å². The summed E-state index contributed by atoms with van der Waals surface area (Å²) in [7, 11) is 0. The van der Waals surface area contributed by atoms with E-state index >= 15 is 0 Å². The van der Waals surface area contributed by atoms with E-state index in [2.05, 4.69) is 19.9 Å². The van der Waals surface area contributed by atoms with Crippen LogP contribution in [0.25, 0.3) is 0 Å². The minimum atomic E-state index is 0.431. The summed E-state index contributed by atoms with van der Waals surface area (Å²) >= 11 is 0. The van der Waals surface area contributed by atoms with Gasteiger partial charge in [0.1, 0.15) is 13.2 Å². The third kappa shape index (κ3) is 0.908. The molecule has 0 spiro atoms. The summed E-state index contributed by atoms with van der Waals surface area (Å²) in [4.78, 5) is 8.44. The molecule has 0 amide bonds. The van der Waals surface area contributed by atoms with Gasteiger partial charge in [-0.25, -0.2) is 9.78 Å². The third-order valence-electron chi connectivity index (χ3n) is 0.374. The number of hydrogen-bond donors (Lipinski definition) is 0. The lowest BCUT2D eigenvalue weighted by atomic mass is 10.8. The molecule has 0 unspecified atom stereocenters. The van der Waals surface area contributed by atoms with Gasteiger partial charge >= 0.3 is 0 Å². The first kappa shape index (κ1) is 4.01. The van der Waals surface area contributed by atoms with Gasteiger partial charge in [-0.1, -0.05) is 0 Å². The Kier molecular flexibility index (Phi) is 1.40. The van der Waals surface area contributed by atoms with Crippen LogP contribution in [0.2, 0.25) is 0 Å². The van der Waals surface area contributed by atoms with Gasteiger partial charge in [-0.05, 0) is 10.1 Å². The number of rotatable bonds is 0. The van der Waals surface area contributed by atoms with E-state index in [1.807, 2.05) is 0 Å². The summed E-state index contributed by atoms with van der Waals surface area (Å²) in [6.07, 6.45) is 0. The molecule has 0 N–H and O–H groups in total. The van der Waals surface area contributed by atoms with Crippen LogP contribution in [-0.4, -0.2) is 13.2 Å². The van der Waals surface area contributed by atoms with Crippen molar-refractivity contribution in [1.82, 2.24) is 0 Å². The standard InChI is InChI=1S/C2H4O4/c1-2-4-6-5-3-1/h1-2H2. The van der Waals surface area contributed by atoms with Crippen LogP contribution in [0.15, 0.2) is 0 Å². The Bertz CT molecular complexity index is 21.0. The lowest BCUT2D eigenvalue weighted by Crippen LogP contribution is -2.12. The Labute approximate surface area is 34.3 Å². The molecule has 0 bridgehead atoms. The lowest BCUT2D eigenvalue weighted by molar-refractivity contribution is -0.663. The van der Waals surface area contributed by atoms with E-state index in [9.17, 15) is 0 Å². The Hall–Kier alpha value is -0.160. The van der Waals surface area contributed by atoms with Crippen LogP contribution in [-0.2, 0) is 19.9 Å². The zero-order valence-electron chi connectivity index (χ0n) is 3.05. The predicted molar refractivity (Wildman–Crippen MR) is 14.1 cm³/mol. The highest BCUT2D eigenvalue weighted by molar-refractivity contribution is 4.14. The van der Waals surface area contributed by atoms with Crippen molar-refractivity contribution in [2.45, 2.75) is 0 Å². The first-order valence-electron chi connectivity index (χ1n) is 1.58. The molecule has 0 aromatic carbocycles. The first-order valence-corrected chi connectivity index (χ1v) is 1.58. The van der Waals surface area contributed by atoms with E-state index < -0.39 is 0 Å². The maximum absolute atomic E-state index is 4.22. The van der Waals surface area contributed by atoms with Crippen molar-refractivity contribution < 1.29 is 19.9 Å². The van der Waals surface area contributed by atoms with Gasteiger partial charge in [0, 0.05) is 0 Å². The SMILES string of the molecule is C1COOOO1. The summed E-state index contributed by atoms with van der Waals surface area (Å²) < 4.78 is 0. The van der Waals surface area contributed by atoms with Gasteiger partial charge in [-0.2, -0.15) is 0 Å². The van der Waals surface area contributed by atoms with Crippen LogP contribution >= 0.6 is 0 Å². The molecule has 1 fully saturated rings. The van der Waals surface area contributed by atoms with Crippen LogP contribution in [0.1, 0.15) is 0 Å². The quantitative estimate of drug-likeness (QED) is 0.388. The van der Waals surface area contributed by atoms with Crippen LogP contribution < -0.4 is 0 Å². The highest BCUT2D eigenvalue weighted by Crippen LogP contribution is 1.89. The van der Waals surface area contributed by atoms with E-state index in [1.165, 1.54) is 0 Å². The average Bonchev–Trinajstić information content (AvgIpc) is 1.72. The van der Waals surface area contributed by atoms with E-state index in [1.54, 1.807) is 0 Å². The average molecular weight is 92.0 g/mol. The normalized spacial score (nSPS) is 24.0. The maximum atomic E-state index is 4.22. The molecule has 36 valence electrons. The van der Waals surface area contributed by atoms with E-state index in [0.29, 0.717) is 13.2 Å². The smallest absolute Gasteiger partial charge is 0.112 e. The third-order valence-corrected chi connectivity index (χ3v) is 0.374. The maximum Gasteiger partial charge on any atom is 0.112 e. The minimum absolute atomic E-state index is 0.431. The zero-order valence-corrected chi connectivity index (χ0v) is 3.05. The monoisotopic (exact) mass is 92.0 g/mol. The highest BCUT2D eigenvalue weighted by atomic mass is 17.7. The summed E-state index contributed by atoms with van der Waals surface area (Å²) in [6.45, 7) is 0.861. The van der Waals surface area contributed by atoms with Gasteiger partial charge in [-0.3, -0.25) is 0 Å². The topological polar surface area (TPSA) is 36.9 Å². The van der Waals surface area contributed by atoms with Gasteiger partial charge in [0.05, 0.1) is 0 Å². The molecule has 0 aromatic heterocycles. The molecule has 0 saturated carbocycles. The fourth-order valence-corrected chi connectivity index (χ4v) is 0.175. The van der Waals surface area contributed by atoms with Gasteiger partial charge in [-0.15, -0.1) is 0 Å². The van der Waals surface area contributed by atoms with Gasteiger partial charge in [0.15, 0.2) is 0 Å². The Morgan fingerprint density at radius 1 is 0.833 bits per heavy atom. The molecular weight excluding hydrogens is 88.0 g/mol. The van der Waals surface area contributed by atoms with E-state index in [-0.39, 0.29) is 0 Å². The summed E-state index contributed by atoms with van der Waals surface area (Å²) in [5.74, 6) is 0. The van der Waals surface area contributed by atoms with Crippen molar-refractivity contribution in [3.05, 3.63) is 0 Å². The molecule has 4 heteroatoms. The van der Waals surface area contributed by atoms with Crippen LogP contribution in [0.5, 0.6) is 0 Å². The molecule has 0 atom stereocenters. The molecule has 6 heavy (non-hydrogen) atoms. The molecule has 1 saturated heterocycles. The second-order valence-corrected chi connectivity index (χ2v) is 0.780. The first-order chi connectivity index (χ1) is 3.00. The second-order valence-electron chi connectivity index (χ2n) is 0.780. The van der Waals surface area contributed by atoms with E-state index in [4.69, 9.17) is 0 Å². The molecule has 0 aromatic rings. The predicted octanol–water partition coefficient (Wildman–Crippen LogP) is -0.189. The van der Waals surface area contributed by atoms with Crippen LogP contribution in [0, 0.1) is 0 Å². The second kappa shape index (κ2) is 2.09. The van der Waals surface area contributed by atoms with Crippen molar-refractivity contribution in [1.29, 1.82) is 0 Å². The highest BCUT2D eigenvalue weighted by Gasteiger charge is 1.97. The van der Waals surface area contributed by atoms with Crippen LogP contribution in [0.3, 0.4) is 0 Å². The van der Waals surface area contributed by atoms with Crippen molar-refractivity contribution in [2.24, 2.45) is 0 Å². The molecule has 4 nitrogen and oxygen atoms in total. The Morgan fingerprint density at radius 3 is 1.50 bits per heavy atom. The molecular formula is C2H4O4. The molecule has 1 heterocycles. The Balaban J connectivity index is 2.00. The number of hydrogen-bond acceptors (Lipinski definition) is 4. The Morgan fingerprint density at radius 2 is 1.33 bits per heavy atom.